The highest BCUT2D eigenvalue weighted by atomic mass is 16.3. The summed E-state index contributed by atoms with van der Waals surface area (Å²) >= 11 is 0. The fourth-order valence-corrected chi connectivity index (χ4v) is 1.61. The summed E-state index contributed by atoms with van der Waals surface area (Å²) in [6.45, 7) is 4.46. The molecule has 18 heavy (non-hydrogen) atoms. The number of hydrogen-bond acceptors (Lipinski definition) is 3. The number of fused-ring (bicyclic) bond motifs is 1. The summed E-state index contributed by atoms with van der Waals surface area (Å²) in [5.74, 6) is 0.0834. The standard InChI is InChI=1S/C14H16N2O2/c1-9(2)5-6-16-14(17)13-8-10-7-11(15)3-4-12(10)18-13/h3-5,7-8H,6,15H2,1-2H3,(H,16,17). The average Bonchev–Trinajstić information content (AvgIpc) is 2.71. The van der Waals surface area contributed by atoms with Crippen molar-refractivity contribution in [2.75, 3.05) is 12.3 Å². The molecule has 3 N–H and O–H groups in total. The fourth-order valence-electron chi connectivity index (χ4n) is 1.61. The van der Waals surface area contributed by atoms with Gasteiger partial charge in [0, 0.05) is 17.6 Å². The van der Waals surface area contributed by atoms with Crippen LogP contribution < -0.4 is 11.1 Å². The van der Waals surface area contributed by atoms with Gasteiger partial charge < -0.3 is 15.5 Å². The Kier molecular flexibility index (Phi) is 3.37. The lowest BCUT2D eigenvalue weighted by atomic mass is 10.2. The largest absolute Gasteiger partial charge is 0.451 e. The van der Waals surface area contributed by atoms with Gasteiger partial charge in [0.2, 0.25) is 0 Å². The number of nitrogens with one attached hydrogen (secondary N) is 1. The Balaban J connectivity index is 2.15. The molecule has 0 aliphatic carbocycles. The molecule has 0 spiro atoms. The molecule has 2 rings (SSSR count). The van der Waals surface area contributed by atoms with E-state index in [0.29, 0.717) is 23.6 Å². The Bertz CT molecular complexity index is 607. The molecule has 1 amide bonds. The number of rotatable bonds is 3. The van der Waals surface area contributed by atoms with E-state index >= 15 is 0 Å². The van der Waals surface area contributed by atoms with E-state index in [9.17, 15) is 4.79 Å². The molecule has 0 saturated carbocycles. The number of nitrogens with two attached hydrogens (primary N) is 1. The topological polar surface area (TPSA) is 68.3 Å². The number of amides is 1. The van der Waals surface area contributed by atoms with Gasteiger partial charge in [0.1, 0.15) is 5.58 Å². The zero-order valence-electron chi connectivity index (χ0n) is 10.5. The molecule has 1 heterocycles. The fraction of sp³-hybridized carbons (Fsp3) is 0.214. The number of carbonyl (C=O) groups excluding carboxylic acids is 1. The number of benzene rings is 1. The molecule has 1 aromatic carbocycles. The van der Waals surface area contributed by atoms with Crippen molar-refractivity contribution in [3.05, 3.63) is 41.7 Å². The van der Waals surface area contributed by atoms with Crippen LogP contribution in [0.25, 0.3) is 11.0 Å². The number of nitrogen functional groups attached to an aromatic ring is 1. The van der Waals surface area contributed by atoms with Crippen molar-refractivity contribution in [2.45, 2.75) is 13.8 Å². The van der Waals surface area contributed by atoms with Gasteiger partial charge in [-0.1, -0.05) is 11.6 Å². The molecule has 0 aliphatic rings. The van der Waals surface area contributed by atoms with E-state index in [1.807, 2.05) is 19.9 Å². The van der Waals surface area contributed by atoms with Crippen molar-refractivity contribution in [3.63, 3.8) is 0 Å². The quantitative estimate of drug-likeness (QED) is 0.644. The van der Waals surface area contributed by atoms with Gasteiger partial charge in [0.05, 0.1) is 0 Å². The van der Waals surface area contributed by atoms with Crippen molar-refractivity contribution in [2.24, 2.45) is 0 Å². The van der Waals surface area contributed by atoms with Crippen LogP contribution in [0.4, 0.5) is 5.69 Å². The first-order valence-electron chi connectivity index (χ1n) is 5.77. The molecular formula is C14H16N2O2. The lowest BCUT2D eigenvalue weighted by Gasteiger charge is -1.98. The summed E-state index contributed by atoms with van der Waals surface area (Å²) in [6, 6.07) is 6.99. The third-order valence-corrected chi connectivity index (χ3v) is 2.54. The van der Waals surface area contributed by atoms with E-state index < -0.39 is 0 Å². The van der Waals surface area contributed by atoms with Gasteiger partial charge in [0.15, 0.2) is 5.76 Å². The minimum absolute atomic E-state index is 0.220. The Labute approximate surface area is 105 Å². The van der Waals surface area contributed by atoms with E-state index in [4.69, 9.17) is 10.2 Å². The Morgan fingerprint density at radius 1 is 1.39 bits per heavy atom. The molecule has 0 aliphatic heterocycles. The highest BCUT2D eigenvalue weighted by Gasteiger charge is 2.11. The maximum Gasteiger partial charge on any atom is 0.287 e. The maximum atomic E-state index is 11.8. The van der Waals surface area contributed by atoms with Crippen molar-refractivity contribution < 1.29 is 9.21 Å². The van der Waals surface area contributed by atoms with Gasteiger partial charge in [-0.3, -0.25) is 4.79 Å². The highest BCUT2D eigenvalue weighted by Crippen LogP contribution is 2.21. The molecule has 4 heteroatoms. The zero-order chi connectivity index (χ0) is 13.1. The van der Waals surface area contributed by atoms with Crippen molar-refractivity contribution >= 4 is 22.6 Å². The highest BCUT2D eigenvalue weighted by molar-refractivity contribution is 5.96. The van der Waals surface area contributed by atoms with Crippen LogP contribution in [0.5, 0.6) is 0 Å². The summed E-state index contributed by atoms with van der Waals surface area (Å²) in [7, 11) is 0. The summed E-state index contributed by atoms with van der Waals surface area (Å²) in [5.41, 5.74) is 8.15. The third kappa shape index (κ3) is 2.71. The second-order valence-electron chi connectivity index (χ2n) is 4.40. The van der Waals surface area contributed by atoms with E-state index in [0.717, 1.165) is 11.0 Å². The number of carbonyl (C=O) groups is 1. The van der Waals surface area contributed by atoms with Gasteiger partial charge in [-0.05, 0) is 38.1 Å². The predicted molar refractivity (Wildman–Crippen MR) is 72.4 cm³/mol. The molecule has 0 radical (unpaired) electrons. The smallest absolute Gasteiger partial charge is 0.287 e. The summed E-state index contributed by atoms with van der Waals surface area (Å²) < 4.78 is 5.45. The molecule has 4 nitrogen and oxygen atoms in total. The number of allylic oxidation sites excluding steroid dienone is 1. The number of furan rings is 1. The predicted octanol–water partition coefficient (Wildman–Crippen LogP) is 2.71. The van der Waals surface area contributed by atoms with Crippen molar-refractivity contribution in [1.29, 1.82) is 0 Å². The second-order valence-corrected chi connectivity index (χ2v) is 4.40. The normalized spacial score (nSPS) is 10.3. The molecule has 0 atom stereocenters. The number of anilines is 1. The molecule has 0 unspecified atom stereocenters. The van der Waals surface area contributed by atoms with Crippen LogP contribution in [0.1, 0.15) is 24.4 Å². The minimum Gasteiger partial charge on any atom is -0.451 e. The van der Waals surface area contributed by atoms with Gasteiger partial charge in [-0.15, -0.1) is 0 Å². The summed E-state index contributed by atoms with van der Waals surface area (Å²) in [5, 5.41) is 3.60. The van der Waals surface area contributed by atoms with Gasteiger partial charge >= 0.3 is 0 Å². The third-order valence-electron chi connectivity index (χ3n) is 2.54. The Morgan fingerprint density at radius 3 is 2.89 bits per heavy atom. The van der Waals surface area contributed by atoms with E-state index in [2.05, 4.69) is 5.32 Å². The molecule has 94 valence electrons. The summed E-state index contributed by atoms with van der Waals surface area (Å²) in [4.78, 5) is 11.8. The van der Waals surface area contributed by atoms with Crippen molar-refractivity contribution in [3.8, 4) is 0 Å². The average molecular weight is 244 g/mol. The molecular weight excluding hydrogens is 228 g/mol. The van der Waals surface area contributed by atoms with Gasteiger partial charge in [-0.25, -0.2) is 0 Å². The van der Waals surface area contributed by atoms with Gasteiger partial charge in [0.25, 0.3) is 5.91 Å². The lowest BCUT2D eigenvalue weighted by Crippen LogP contribution is -2.22. The van der Waals surface area contributed by atoms with Crippen LogP contribution in [0.15, 0.2) is 40.3 Å². The second kappa shape index (κ2) is 4.96. The van der Waals surface area contributed by atoms with E-state index in [-0.39, 0.29) is 5.91 Å². The SMILES string of the molecule is CC(C)=CCNC(=O)c1cc2cc(N)ccc2o1. The van der Waals surface area contributed by atoms with Gasteiger partial charge in [-0.2, -0.15) is 0 Å². The monoisotopic (exact) mass is 244 g/mol. The van der Waals surface area contributed by atoms with Crippen LogP contribution in [0.3, 0.4) is 0 Å². The number of hydrogen-bond donors (Lipinski definition) is 2. The lowest BCUT2D eigenvalue weighted by molar-refractivity contribution is 0.0932. The maximum absolute atomic E-state index is 11.8. The molecule has 0 bridgehead atoms. The van der Waals surface area contributed by atoms with Crippen LogP contribution in [0.2, 0.25) is 0 Å². The first-order chi connectivity index (χ1) is 8.56. The van der Waals surface area contributed by atoms with Crippen molar-refractivity contribution in [1.82, 2.24) is 5.32 Å². The molecule has 1 aromatic heterocycles. The van der Waals surface area contributed by atoms with Crippen LogP contribution in [0, 0.1) is 0 Å². The van der Waals surface area contributed by atoms with E-state index in [1.54, 1.807) is 24.3 Å². The minimum atomic E-state index is -0.220. The first kappa shape index (κ1) is 12.2. The molecule has 0 fully saturated rings. The Hall–Kier alpha value is -2.23. The van der Waals surface area contributed by atoms with Crippen LogP contribution in [-0.2, 0) is 0 Å². The van der Waals surface area contributed by atoms with E-state index in [1.165, 1.54) is 0 Å². The molecule has 0 saturated heterocycles. The van der Waals surface area contributed by atoms with Crippen LogP contribution >= 0.6 is 0 Å². The summed E-state index contributed by atoms with van der Waals surface area (Å²) in [6.07, 6.45) is 1.94. The Morgan fingerprint density at radius 2 is 2.17 bits per heavy atom. The zero-order valence-corrected chi connectivity index (χ0v) is 10.5. The molecule has 2 aromatic rings. The van der Waals surface area contributed by atoms with Crippen LogP contribution in [-0.4, -0.2) is 12.5 Å². The first-order valence-corrected chi connectivity index (χ1v) is 5.77.